The number of carbonyl (C=O) groups excluding carboxylic acids is 1. The highest BCUT2D eigenvalue weighted by Crippen LogP contribution is 2.28. The van der Waals surface area contributed by atoms with E-state index < -0.39 is 0 Å². The summed E-state index contributed by atoms with van der Waals surface area (Å²) in [6.07, 6.45) is 3.48. The van der Waals surface area contributed by atoms with Crippen molar-refractivity contribution in [3.63, 3.8) is 0 Å². The largest absolute Gasteiger partial charge is 0.493 e. The fraction of sp³-hybridized carbons (Fsp3) is 0.350. The van der Waals surface area contributed by atoms with E-state index in [0.29, 0.717) is 23.1 Å². The quantitative estimate of drug-likeness (QED) is 0.575. The molecule has 4 heteroatoms. The molecule has 0 aliphatic carbocycles. The minimum Gasteiger partial charge on any atom is -0.493 e. The molecule has 1 heterocycles. The summed E-state index contributed by atoms with van der Waals surface area (Å²) in [5.74, 6) is 1.10. The number of methoxy groups -OCH3 is 2. The van der Waals surface area contributed by atoms with Crippen LogP contribution in [0.3, 0.4) is 0 Å². The Morgan fingerprint density at radius 3 is 2.29 bits per heavy atom. The molecule has 4 nitrogen and oxygen atoms in total. The zero-order chi connectivity index (χ0) is 17.9. The summed E-state index contributed by atoms with van der Waals surface area (Å²) in [4.78, 5) is 12.4. The van der Waals surface area contributed by atoms with Gasteiger partial charge < -0.3 is 14.0 Å². The van der Waals surface area contributed by atoms with E-state index >= 15 is 0 Å². The second-order valence-corrected chi connectivity index (χ2v) is 6.06. The average Bonchev–Trinajstić information content (AvgIpc) is 2.85. The van der Waals surface area contributed by atoms with Crippen LogP contribution in [0.1, 0.15) is 47.2 Å². The summed E-state index contributed by atoms with van der Waals surface area (Å²) >= 11 is 0. The molecular weight excluding hydrogens is 302 g/mol. The van der Waals surface area contributed by atoms with Gasteiger partial charge >= 0.3 is 0 Å². The fourth-order valence-corrected chi connectivity index (χ4v) is 3.02. The normalized spacial score (nSPS) is 11.3. The van der Waals surface area contributed by atoms with Gasteiger partial charge in [-0.15, -0.1) is 0 Å². The molecule has 0 fully saturated rings. The third-order valence-corrected chi connectivity index (χ3v) is 4.12. The van der Waals surface area contributed by atoms with Crippen molar-refractivity contribution in [1.29, 1.82) is 0 Å². The van der Waals surface area contributed by atoms with E-state index in [1.807, 2.05) is 6.08 Å². The summed E-state index contributed by atoms with van der Waals surface area (Å²) in [6.45, 7) is 8.47. The number of allylic oxidation sites excluding steroid dienone is 1. The van der Waals surface area contributed by atoms with Crippen LogP contribution in [0.15, 0.2) is 30.3 Å². The Morgan fingerprint density at radius 1 is 1.08 bits per heavy atom. The van der Waals surface area contributed by atoms with Crippen LogP contribution in [0.2, 0.25) is 0 Å². The summed E-state index contributed by atoms with van der Waals surface area (Å²) in [6, 6.07) is 7.68. The second-order valence-electron chi connectivity index (χ2n) is 6.06. The van der Waals surface area contributed by atoms with Crippen LogP contribution in [0.4, 0.5) is 0 Å². The molecule has 0 aliphatic heterocycles. The first-order valence-corrected chi connectivity index (χ1v) is 8.02. The molecular formula is C20H25NO3. The monoisotopic (exact) mass is 327 g/mol. The Hall–Kier alpha value is -2.49. The molecule has 0 N–H and O–H groups in total. The van der Waals surface area contributed by atoms with Crippen LogP contribution in [0, 0.1) is 13.8 Å². The van der Waals surface area contributed by atoms with Gasteiger partial charge in [0, 0.05) is 23.0 Å². The first-order chi connectivity index (χ1) is 11.4. The highest BCUT2D eigenvalue weighted by atomic mass is 16.5. The van der Waals surface area contributed by atoms with Crippen LogP contribution >= 0.6 is 0 Å². The first kappa shape index (κ1) is 17.9. The van der Waals surface area contributed by atoms with Gasteiger partial charge in [-0.2, -0.15) is 0 Å². The molecule has 0 spiro atoms. The molecule has 0 atom stereocenters. The Morgan fingerprint density at radius 2 is 1.75 bits per heavy atom. The van der Waals surface area contributed by atoms with Crippen molar-refractivity contribution in [2.75, 3.05) is 14.2 Å². The van der Waals surface area contributed by atoms with E-state index in [4.69, 9.17) is 9.47 Å². The summed E-state index contributed by atoms with van der Waals surface area (Å²) in [5, 5.41) is 0. The number of nitrogens with zero attached hydrogens (tertiary/aromatic N) is 1. The van der Waals surface area contributed by atoms with Crippen molar-refractivity contribution < 1.29 is 14.3 Å². The van der Waals surface area contributed by atoms with Gasteiger partial charge in [0.1, 0.15) is 0 Å². The van der Waals surface area contributed by atoms with Gasteiger partial charge in [0.2, 0.25) is 0 Å². The maximum atomic E-state index is 12.4. The third-order valence-electron chi connectivity index (χ3n) is 4.12. The second kappa shape index (κ2) is 7.39. The van der Waals surface area contributed by atoms with Crippen molar-refractivity contribution in [3.8, 4) is 11.5 Å². The van der Waals surface area contributed by atoms with Crippen molar-refractivity contribution in [1.82, 2.24) is 4.57 Å². The van der Waals surface area contributed by atoms with Crippen molar-refractivity contribution in [2.45, 2.75) is 33.7 Å². The smallest absolute Gasteiger partial charge is 0.185 e. The number of hydrogen-bond acceptors (Lipinski definition) is 3. The third kappa shape index (κ3) is 3.53. The minimum atomic E-state index is -0.0645. The molecule has 128 valence electrons. The van der Waals surface area contributed by atoms with E-state index in [1.54, 1.807) is 38.5 Å². The Labute approximate surface area is 143 Å². The van der Waals surface area contributed by atoms with E-state index in [9.17, 15) is 4.79 Å². The number of rotatable bonds is 6. The van der Waals surface area contributed by atoms with E-state index in [-0.39, 0.29) is 5.78 Å². The molecule has 0 unspecified atom stereocenters. The molecule has 1 aromatic carbocycles. The standard InChI is InChI=1S/C20H25NO3/c1-13(2)21-14(3)11-16(15(21)4)7-9-18(22)17-8-10-19(23-5)20(12-17)24-6/h7-13H,1-6H3/b9-7+. The van der Waals surface area contributed by atoms with Gasteiger partial charge in [-0.1, -0.05) is 0 Å². The SMILES string of the molecule is COc1ccc(C(=O)/C=C/c2cc(C)n(C(C)C)c2C)cc1OC. The Kier molecular flexibility index (Phi) is 5.50. The molecule has 24 heavy (non-hydrogen) atoms. The lowest BCUT2D eigenvalue weighted by atomic mass is 10.1. The topological polar surface area (TPSA) is 40.5 Å². The summed E-state index contributed by atoms with van der Waals surface area (Å²) < 4.78 is 12.7. The molecule has 0 aliphatic rings. The molecule has 1 aromatic heterocycles. The van der Waals surface area contributed by atoms with Crippen LogP contribution in [0.5, 0.6) is 11.5 Å². The Balaban J connectivity index is 2.27. The lowest BCUT2D eigenvalue weighted by Gasteiger charge is -2.13. The van der Waals surface area contributed by atoms with Gasteiger partial charge in [-0.05, 0) is 69.7 Å². The fourth-order valence-electron chi connectivity index (χ4n) is 3.02. The minimum absolute atomic E-state index is 0.0645. The molecule has 2 rings (SSSR count). The van der Waals surface area contributed by atoms with Crippen molar-refractivity contribution in [3.05, 3.63) is 52.9 Å². The number of aromatic nitrogens is 1. The van der Waals surface area contributed by atoms with Crippen LogP contribution < -0.4 is 9.47 Å². The highest BCUT2D eigenvalue weighted by molar-refractivity contribution is 6.07. The highest BCUT2D eigenvalue weighted by Gasteiger charge is 2.11. The molecule has 0 radical (unpaired) electrons. The van der Waals surface area contributed by atoms with Gasteiger partial charge in [0.15, 0.2) is 17.3 Å². The van der Waals surface area contributed by atoms with Crippen molar-refractivity contribution in [2.24, 2.45) is 0 Å². The number of aryl methyl sites for hydroxylation is 1. The zero-order valence-corrected chi connectivity index (χ0v) is 15.2. The number of hydrogen-bond donors (Lipinski definition) is 0. The van der Waals surface area contributed by atoms with Gasteiger partial charge in [-0.3, -0.25) is 4.79 Å². The summed E-state index contributed by atoms with van der Waals surface area (Å²) in [5.41, 5.74) is 4.00. The maximum absolute atomic E-state index is 12.4. The molecule has 0 saturated carbocycles. The first-order valence-electron chi connectivity index (χ1n) is 8.02. The zero-order valence-electron chi connectivity index (χ0n) is 15.2. The maximum Gasteiger partial charge on any atom is 0.185 e. The van der Waals surface area contributed by atoms with Crippen LogP contribution in [0.25, 0.3) is 6.08 Å². The van der Waals surface area contributed by atoms with E-state index in [2.05, 4.69) is 38.3 Å². The molecule has 0 saturated heterocycles. The average molecular weight is 327 g/mol. The van der Waals surface area contributed by atoms with Crippen molar-refractivity contribution >= 4 is 11.9 Å². The predicted molar refractivity (Wildman–Crippen MR) is 97.2 cm³/mol. The lowest BCUT2D eigenvalue weighted by molar-refractivity contribution is 0.104. The van der Waals surface area contributed by atoms with Gasteiger partial charge in [0.05, 0.1) is 14.2 Å². The molecule has 2 aromatic rings. The number of ketones is 1. The van der Waals surface area contributed by atoms with Crippen LogP contribution in [-0.4, -0.2) is 24.6 Å². The predicted octanol–water partition coefficient (Wildman–Crippen LogP) is 4.60. The van der Waals surface area contributed by atoms with Crippen LogP contribution in [-0.2, 0) is 0 Å². The number of carbonyl (C=O) groups is 1. The van der Waals surface area contributed by atoms with Gasteiger partial charge in [0.25, 0.3) is 0 Å². The van der Waals surface area contributed by atoms with E-state index in [1.165, 1.54) is 11.4 Å². The molecule has 0 bridgehead atoms. The summed E-state index contributed by atoms with van der Waals surface area (Å²) in [7, 11) is 3.13. The van der Waals surface area contributed by atoms with E-state index in [0.717, 1.165) is 5.56 Å². The Bertz CT molecular complexity index is 769. The van der Waals surface area contributed by atoms with Gasteiger partial charge in [-0.25, -0.2) is 0 Å². The molecule has 0 amide bonds. The lowest BCUT2D eigenvalue weighted by Crippen LogP contribution is -2.04. The number of ether oxygens (including phenoxy) is 2. The number of benzene rings is 1.